The summed E-state index contributed by atoms with van der Waals surface area (Å²) in [5.41, 5.74) is 5.37. The van der Waals surface area contributed by atoms with Gasteiger partial charge in [0.15, 0.2) is 5.76 Å². The average molecular weight is 494 g/mol. The molecule has 4 aromatic rings. The Balaban J connectivity index is 1.29. The lowest BCUT2D eigenvalue weighted by molar-refractivity contribution is 0.101. The predicted molar refractivity (Wildman–Crippen MR) is 140 cm³/mol. The summed E-state index contributed by atoms with van der Waals surface area (Å²) >= 11 is 0. The summed E-state index contributed by atoms with van der Waals surface area (Å²) in [5.74, 6) is 0.412. The predicted octanol–water partition coefficient (Wildman–Crippen LogP) is 5.03. The molecule has 2 aliphatic rings. The Labute approximate surface area is 212 Å². The normalized spacial score (nSPS) is 15.9. The summed E-state index contributed by atoms with van der Waals surface area (Å²) < 4.78 is 13.4. The number of aromatic nitrogens is 3. The van der Waals surface area contributed by atoms with Crippen LogP contribution < -0.4 is 15.4 Å². The molecule has 9 nitrogen and oxygen atoms in total. The number of Topliss-reactive ketones (excluding diaryl/α,β-unsaturated/α-hetero) is 1. The molecule has 0 saturated heterocycles. The first kappa shape index (κ1) is 22.7. The third-order valence-electron chi connectivity index (χ3n) is 6.33. The van der Waals surface area contributed by atoms with Crippen molar-refractivity contribution in [2.24, 2.45) is 7.05 Å². The van der Waals surface area contributed by atoms with Gasteiger partial charge in [-0.25, -0.2) is 9.78 Å². The monoisotopic (exact) mass is 493 g/mol. The molecule has 0 spiro atoms. The van der Waals surface area contributed by atoms with Crippen molar-refractivity contribution in [2.45, 2.75) is 6.42 Å². The summed E-state index contributed by atoms with van der Waals surface area (Å²) in [6.07, 6.45) is 11.6. The van der Waals surface area contributed by atoms with Gasteiger partial charge in [0, 0.05) is 42.3 Å². The molecule has 6 rings (SSSR count). The highest BCUT2D eigenvalue weighted by Crippen LogP contribution is 2.36. The number of fused-ring (bicyclic) bond motifs is 2. The topological polar surface area (TPSA) is 107 Å². The number of urea groups is 1. The fourth-order valence-electron chi connectivity index (χ4n) is 4.62. The smallest absolute Gasteiger partial charge is 0.323 e. The molecule has 5 heterocycles. The Morgan fingerprint density at radius 3 is 2.81 bits per heavy atom. The van der Waals surface area contributed by atoms with Crippen LogP contribution in [0.1, 0.15) is 27.9 Å². The van der Waals surface area contributed by atoms with E-state index in [1.54, 1.807) is 55.0 Å². The summed E-state index contributed by atoms with van der Waals surface area (Å²) in [5, 5.41) is 6.41. The van der Waals surface area contributed by atoms with Crippen LogP contribution >= 0.6 is 0 Å². The van der Waals surface area contributed by atoms with Crippen LogP contribution in [-0.4, -0.2) is 39.6 Å². The van der Waals surface area contributed by atoms with Crippen molar-refractivity contribution in [2.75, 3.05) is 23.8 Å². The minimum atomic E-state index is -0.437. The van der Waals surface area contributed by atoms with Gasteiger partial charge in [-0.1, -0.05) is 6.08 Å². The molecule has 0 bridgehead atoms. The first-order valence-corrected chi connectivity index (χ1v) is 11.8. The Morgan fingerprint density at radius 1 is 1.11 bits per heavy atom. The number of rotatable bonds is 4. The molecule has 0 atom stereocenters. The van der Waals surface area contributed by atoms with E-state index in [0.29, 0.717) is 35.9 Å². The fraction of sp³-hybridized carbons (Fsp3) is 0.143. The molecule has 2 N–H and O–H groups in total. The van der Waals surface area contributed by atoms with Crippen molar-refractivity contribution in [1.29, 1.82) is 0 Å². The Morgan fingerprint density at radius 2 is 2.00 bits per heavy atom. The number of amides is 2. The van der Waals surface area contributed by atoms with E-state index in [4.69, 9.17) is 9.47 Å². The minimum Gasteiger partial charge on any atom is -0.452 e. The molecule has 0 saturated carbocycles. The van der Waals surface area contributed by atoms with Crippen LogP contribution in [0.4, 0.5) is 16.2 Å². The van der Waals surface area contributed by atoms with Gasteiger partial charge < -0.3 is 24.7 Å². The lowest BCUT2D eigenvalue weighted by Gasteiger charge is -2.15. The molecule has 2 aliphatic heterocycles. The summed E-state index contributed by atoms with van der Waals surface area (Å²) in [6.45, 7) is 1.25. The zero-order valence-corrected chi connectivity index (χ0v) is 20.0. The zero-order valence-electron chi connectivity index (χ0n) is 20.0. The number of anilines is 2. The van der Waals surface area contributed by atoms with E-state index in [0.717, 1.165) is 28.6 Å². The molecule has 1 aromatic carbocycles. The molecule has 3 aromatic heterocycles. The third kappa shape index (κ3) is 4.36. The van der Waals surface area contributed by atoms with E-state index in [9.17, 15) is 9.59 Å². The number of nitrogens with one attached hydrogen (secondary N) is 2. The molecule has 0 aliphatic carbocycles. The van der Waals surface area contributed by atoms with Gasteiger partial charge in [-0.2, -0.15) is 0 Å². The second-order valence-electron chi connectivity index (χ2n) is 8.78. The summed E-state index contributed by atoms with van der Waals surface area (Å²) in [7, 11) is 1.93. The van der Waals surface area contributed by atoms with Crippen molar-refractivity contribution in [3.05, 3.63) is 89.7 Å². The van der Waals surface area contributed by atoms with Gasteiger partial charge in [-0.15, -0.1) is 0 Å². The van der Waals surface area contributed by atoms with E-state index in [1.165, 1.54) is 5.57 Å². The van der Waals surface area contributed by atoms with E-state index in [2.05, 4.69) is 26.7 Å². The number of aryl methyl sites for hydroxylation is 1. The number of carbonyl (C=O) groups is 2. The van der Waals surface area contributed by atoms with Crippen molar-refractivity contribution in [3.63, 3.8) is 0 Å². The van der Waals surface area contributed by atoms with Crippen LogP contribution in [0.3, 0.4) is 0 Å². The van der Waals surface area contributed by atoms with Crippen LogP contribution in [0.2, 0.25) is 0 Å². The first-order valence-electron chi connectivity index (χ1n) is 11.8. The number of pyridine rings is 2. The largest absolute Gasteiger partial charge is 0.452 e. The molecule has 0 fully saturated rings. The lowest BCUT2D eigenvalue weighted by atomic mass is 9.97. The highest BCUT2D eigenvalue weighted by atomic mass is 16.5. The number of hydrogen-bond donors (Lipinski definition) is 2. The SMILES string of the molecule is Cn1cc(C=C2Oc3ccc(NC(=O)Nc4cccnc4)cc3C2=O)c2c(C3=CCOCC3)ccnc21. The van der Waals surface area contributed by atoms with E-state index >= 15 is 0 Å². The third-order valence-corrected chi connectivity index (χ3v) is 6.33. The molecule has 0 unspecified atom stereocenters. The highest BCUT2D eigenvalue weighted by molar-refractivity contribution is 6.16. The van der Waals surface area contributed by atoms with Gasteiger partial charge in [0.1, 0.15) is 11.4 Å². The molecular formula is C28H23N5O4. The maximum absolute atomic E-state index is 13.3. The van der Waals surface area contributed by atoms with Gasteiger partial charge >= 0.3 is 6.03 Å². The highest BCUT2D eigenvalue weighted by Gasteiger charge is 2.28. The summed E-state index contributed by atoms with van der Waals surface area (Å²) in [6, 6.07) is 10.0. The number of carbonyl (C=O) groups excluding carboxylic acids is 2. The van der Waals surface area contributed by atoms with E-state index < -0.39 is 6.03 Å². The van der Waals surface area contributed by atoms with Crippen molar-refractivity contribution in [1.82, 2.24) is 14.5 Å². The van der Waals surface area contributed by atoms with Gasteiger partial charge in [0.25, 0.3) is 0 Å². The molecule has 37 heavy (non-hydrogen) atoms. The van der Waals surface area contributed by atoms with E-state index in [1.807, 2.05) is 23.9 Å². The quantitative estimate of drug-likeness (QED) is 0.386. The van der Waals surface area contributed by atoms with Crippen LogP contribution in [0.25, 0.3) is 22.7 Å². The van der Waals surface area contributed by atoms with Gasteiger partial charge in [-0.3, -0.25) is 9.78 Å². The molecule has 9 heteroatoms. The maximum Gasteiger partial charge on any atom is 0.323 e. The molecule has 0 radical (unpaired) electrons. The van der Waals surface area contributed by atoms with Gasteiger partial charge in [0.05, 0.1) is 30.7 Å². The zero-order chi connectivity index (χ0) is 25.4. The molecule has 2 amide bonds. The van der Waals surface area contributed by atoms with Crippen molar-refractivity contribution in [3.8, 4) is 5.75 Å². The van der Waals surface area contributed by atoms with Crippen LogP contribution in [0.15, 0.2) is 73.0 Å². The van der Waals surface area contributed by atoms with Crippen LogP contribution in [0, 0.1) is 0 Å². The number of hydrogen-bond acceptors (Lipinski definition) is 6. The number of nitrogens with zero attached hydrogens (tertiary/aromatic N) is 3. The number of allylic oxidation sites excluding steroid dienone is 1. The second kappa shape index (κ2) is 9.36. The maximum atomic E-state index is 13.3. The van der Waals surface area contributed by atoms with Crippen molar-refractivity contribution >= 4 is 45.9 Å². The standard InChI is InChI=1S/C28H23N5O4/c1-33-16-18(25-21(6-10-30-27(25)33)17-7-11-36-12-8-17)13-24-26(34)22-14-19(4-5-23(22)37-24)31-28(35)32-20-3-2-9-29-15-20/h2-7,9-10,13-16H,8,11-12H2,1H3,(H2,31,32,35). The van der Waals surface area contributed by atoms with Gasteiger partial charge in [-0.05, 0) is 60.0 Å². The minimum absolute atomic E-state index is 0.218. The number of benzene rings is 1. The summed E-state index contributed by atoms with van der Waals surface area (Å²) in [4.78, 5) is 34.2. The molecular weight excluding hydrogens is 470 g/mol. The van der Waals surface area contributed by atoms with E-state index in [-0.39, 0.29) is 11.5 Å². The molecule has 184 valence electrons. The Hall–Kier alpha value is -4.76. The second-order valence-corrected chi connectivity index (χ2v) is 8.78. The number of ether oxygens (including phenoxy) is 2. The lowest BCUT2D eigenvalue weighted by Crippen LogP contribution is -2.19. The average Bonchev–Trinajstić information content (AvgIpc) is 3.41. The Bertz CT molecular complexity index is 1600. The first-order chi connectivity index (χ1) is 18.1. The van der Waals surface area contributed by atoms with Crippen LogP contribution in [0.5, 0.6) is 5.75 Å². The Kier molecular flexibility index (Phi) is 5.74. The van der Waals surface area contributed by atoms with Crippen molar-refractivity contribution < 1.29 is 19.1 Å². The van der Waals surface area contributed by atoms with Gasteiger partial charge in [0.2, 0.25) is 5.78 Å². The fourth-order valence-corrected chi connectivity index (χ4v) is 4.62. The van der Waals surface area contributed by atoms with Crippen LogP contribution in [-0.2, 0) is 11.8 Å². The number of ketones is 1.